The number of hydrogen-bond acceptors (Lipinski definition) is 4. The summed E-state index contributed by atoms with van der Waals surface area (Å²) in [6.45, 7) is 3.50. The molecule has 1 aromatic rings. The quantitative estimate of drug-likeness (QED) is 0.741. The van der Waals surface area contributed by atoms with Crippen molar-refractivity contribution in [3.05, 3.63) is 29.8 Å². The van der Waals surface area contributed by atoms with Crippen molar-refractivity contribution in [3.8, 4) is 0 Å². The standard InChI is InChI=1S/C17H25N3O3/c1-11(19-12(2)21)17(22)20-14-6-3-5-13(9-14)10-23-16-8-4-7-15(16)18/h3,5-6,9,11,15-16H,4,7-8,10,18H2,1-2H3,(H,19,21)(H,20,22)/t11-,15-,16-/m0/s1. The van der Waals surface area contributed by atoms with Crippen LogP contribution in [0.2, 0.25) is 0 Å². The van der Waals surface area contributed by atoms with Gasteiger partial charge in [-0.25, -0.2) is 0 Å². The molecule has 1 aromatic carbocycles. The SMILES string of the molecule is CC(=O)N[C@@H](C)C(=O)Nc1cccc(CO[C@H]2CCC[C@@H]2N)c1. The van der Waals surface area contributed by atoms with E-state index < -0.39 is 6.04 Å². The molecule has 2 rings (SSSR count). The zero-order chi connectivity index (χ0) is 16.8. The van der Waals surface area contributed by atoms with Gasteiger partial charge >= 0.3 is 0 Å². The minimum absolute atomic E-state index is 0.119. The summed E-state index contributed by atoms with van der Waals surface area (Å²) >= 11 is 0. The van der Waals surface area contributed by atoms with E-state index in [0.717, 1.165) is 24.8 Å². The molecule has 126 valence electrons. The molecule has 1 aliphatic carbocycles. The van der Waals surface area contributed by atoms with E-state index in [4.69, 9.17) is 10.5 Å². The first-order valence-electron chi connectivity index (χ1n) is 8.00. The van der Waals surface area contributed by atoms with Crippen LogP contribution in [-0.2, 0) is 20.9 Å². The smallest absolute Gasteiger partial charge is 0.246 e. The molecule has 0 heterocycles. The molecule has 23 heavy (non-hydrogen) atoms. The molecule has 0 aliphatic heterocycles. The maximum absolute atomic E-state index is 12.0. The summed E-state index contributed by atoms with van der Waals surface area (Å²) < 4.78 is 5.87. The lowest BCUT2D eigenvalue weighted by Crippen LogP contribution is -2.40. The summed E-state index contributed by atoms with van der Waals surface area (Å²) in [5.41, 5.74) is 7.66. The number of carbonyl (C=O) groups is 2. The van der Waals surface area contributed by atoms with Crippen LogP contribution in [0.3, 0.4) is 0 Å². The molecule has 1 fully saturated rings. The van der Waals surface area contributed by atoms with Gasteiger partial charge in [-0.3, -0.25) is 9.59 Å². The lowest BCUT2D eigenvalue weighted by Gasteiger charge is -2.17. The monoisotopic (exact) mass is 319 g/mol. The molecule has 1 saturated carbocycles. The Morgan fingerprint density at radius 2 is 2.17 bits per heavy atom. The average Bonchev–Trinajstić information content (AvgIpc) is 2.90. The van der Waals surface area contributed by atoms with E-state index in [9.17, 15) is 9.59 Å². The van der Waals surface area contributed by atoms with Gasteiger partial charge in [0.1, 0.15) is 6.04 Å². The van der Waals surface area contributed by atoms with Crippen LogP contribution >= 0.6 is 0 Å². The number of amides is 2. The van der Waals surface area contributed by atoms with E-state index in [1.54, 1.807) is 6.92 Å². The molecule has 0 aromatic heterocycles. The zero-order valence-corrected chi connectivity index (χ0v) is 13.7. The first-order valence-corrected chi connectivity index (χ1v) is 8.00. The number of hydrogen-bond donors (Lipinski definition) is 3. The van der Waals surface area contributed by atoms with Crippen molar-refractivity contribution in [2.45, 2.75) is 57.9 Å². The van der Waals surface area contributed by atoms with Gasteiger partial charge in [-0.1, -0.05) is 12.1 Å². The molecular formula is C17H25N3O3. The fourth-order valence-electron chi connectivity index (χ4n) is 2.72. The molecule has 6 heteroatoms. The van der Waals surface area contributed by atoms with Crippen LogP contribution in [0.15, 0.2) is 24.3 Å². The van der Waals surface area contributed by atoms with Gasteiger partial charge in [-0.15, -0.1) is 0 Å². The third-order valence-corrected chi connectivity index (χ3v) is 3.98. The predicted molar refractivity (Wildman–Crippen MR) is 88.8 cm³/mol. The molecule has 2 amide bonds. The number of anilines is 1. The second-order valence-electron chi connectivity index (χ2n) is 6.06. The largest absolute Gasteiger partial charge is 0.372 e. The van der Waals surface area contributed by atoms with Crippen LogP contribution in [0.25, 0.3) is 0 Å². The number of nitrogens with two attached hydrogens (primary N) is 1. The number of benzene rings is 1. The van der Waals surface area contributed by atoms with E-state index >= 15 is 0 Å². The summed E-state index contributed by atoms with van der Waals surface area (Å²) in [4.78, 5) is 23.0. The van der Waals surface area contributed by atoms with E-state index in [0.29, 0.717) is 12.3 Å². The number of carbonyl (C=O) groups excluding carboxylic acids is 2. The van der Waals surface area contributed by atoms with Crippen LogP contribution in [0.1, 0.15) is 38.7 Å². The van der Waals surface area contributed by atoms with E-state index in [2.05, 4.69) is 10.6 Å². The summed E-state index contributed by atoms with van der Waals surface area (Å²) in [6.07, 6.45) is 3.25. The van der Waals surface area contributed by atoms with Crippen LogP contribution in [0.4, 0.5) is 5.69 Å². The highest BCUT2D eigenvalue weighted by atomic mass is 16.5. The fourth-order valence-corrected chi connectivity index (χ4v) is 2.72. The van der Waals surface area contributed by atoms with E-state index in [-0.39, 0.29) is 24.0 Å². The van der Waals surface area contributed by atoms with Crippen molar-refractivity contribution in [3.63, 3.8) is 0 Å². The lowest BCUT2D eigenvalue weighted by atomic mass is 10.2. The van der Waals surface area contributed by atoms with Gasteiger partial charge in [-0.05, 0) is 43.9 Å². The van der Waals surface area contributed by atoms with Gasteiger partial charge in [0.25, 0.3) is 0 Å². The Labute approximate surface area is 136 Å². The molecular weight excluding hydrogens is 294 g/mol. The summed E-state index contributed by atoms with van der Waals surface area (Å²) in [7, 11) is 0. The number of ether oxygens (including phenoxy) is 1. The van der Waals surface area contributed by atoms with E-state index in [1.807, 2.05) is 24.3 Å². The molecule has 0 saturated heterocycles. The summed E-state index contributed by atoms with van der Waals surface area (Å²) in [6, 6.07) is 7.04. The lowest BCUT2D eigenvalue weighted by molar-refractivity contribution is -0.124. The Balaban J connectivity index is 1.89. The summed E-state index contributed by atoms with van der Waals surface area (Å²) in [5.74, 6) is -0.487. The third kappa shape index (κ3) is 5.33. The predicted octanol–water partition coefficient (Wildman–Crippen LogP) is 1.55. The van der Waals surface area contributed by atoms with Gasteiger partial charge in [0.05, 0.1) is 12.7 Å². The molecule has 0 spiro atoms. The minimum Gasteiger partial charge on any atom is -0.372 e. The molecule has 4 N–H and O–H groups in total. The third-order valence-electron chi connectivity index (χ3n) is 3.98. The van der Waals surface area contributed by atoms with Crippen molar-refractivity contribution >= 4 is 17.5 Å². The topological polar surface area (TPSA) is 93.5 Å². The van der Waals surface area contributed by atoms with Crippen molar-refractivity contribution in [2.75, 3.05) is 5.32 Å². The Morgan fingerprint density at radius 1 is 1.39 bits per heavy atom. The van der Waals surface area contributed by atoms with Gasteiger partial charge in [0.15, 0.2) is 0 Å². The van der Waals surface area contributed by atoms with Gasteiger partial charge in [0.2, 0.25) is 11.8 Å². The molecule has 6 nitrogen and oxygen atoms in total. The van der Waals surface area contributed by atoms with Gasteiger partial charge in [-0.2, -0.15) is 0 Å². The van der Waals surface area contributed by atoms with Crippen LogP contribution in [0, 0.1) is 0 Å². The highest BCUT2D eigenvalue weighted by Gasteiger charge is 2.24. The Bertz CT molecular complexity index is 562. The maximum Gasteiger partial charge on any atom is 0.246 e. The minimum atomic E-state index is -0.580. The average molecular weight is 319 g/mol. The first kappa shape index (κ1) is 17.4. The van der Waals surface area contributed by atoms with Gasteiger partial charge < -0.3 is 21.1 Å². The van der Waals surface area contributed by atoms with Crippen molar-refractivity contribution in [2.24, 2.45) is 5.73 Å². The second kappa shape index (κ2) is 8.08. The second-order valence-corrected chi connectivity index (χ2v) is 6.06. The zero-order valence-electron chi connectivity index (χ0n) is 13.7. The highest BCUT2D eigenvalue weighted by molar-refractivity contribution is 5.96. The van der Waals surface area contributed by atoms with Gasteiger partial charge in [0, 0.05) is 18.7 Å². The fraction of sp³-hybridized carbons (Fsp3) is 0.529. The summed E-state index contributed by atoms with van der Waals surface area (Å²) in [5, 5.41) is 5.35. The normalized spacial score (nSPS) is 21.7. The molecule has 0 unspecified atom stereocenters. The van der Waals surface area contributed by atoms with Crippen LogP contribution in [0.5, 0.6) is 0 Å². The molecule has 0 radical (unpaired) electrons. The van der Waals surface area contributed by atoms with Crippen molar-refractivity contribution in [1.82, 2.24) is 5.32 Å². The van der Waals surface area contributed by atoms with Crippen LogP contribution in [-0.4, -0.2) is 30.0 Å². The maximum atomic E-state index is 12.0. The number of rotatable bonds is 6. The first-order chi connectivity index (χ1) is 11.0. The molecule has 1 aliphatic rings. The Hall–Kier alpha value is -1.92. The van der Waals surface area contributed by atoms with E-state index in [1.165, 1.54) is 6.92 Å². The Kier molecular flexibility index (Phi) is 6.12. The highest BCUT2D eigenvalue weighted by Crippen LogP contribution is 2.22. The van der Waals surface area contributed by atoms with Crippen molar-refractivity contribution in [1.29, 1.82) is 0 Å². The van der Waals surface area contributed by atoms with Crippen molar-refractivity contribution < 1.29 is 14.3 Å². The van der Waals surface area contributed by atoms with Crippen LogP contribution < -0.4 is 16.4 Å². The Morgan fingerprint density at radius 3 is 2.83 bits per heavy atom. The molecule has 0 bridgehead atoms. The molecule has 3 atom stereocenters. The number of nitrogens with one attached hydrogen (secondary N) is 2.